The average Bonchev–Trinajstić information content (AvgIpc) is 3.44. The minimum Gasteiger partial charge on any atom is -0.496 e. The molecule has 6 aromatic rings. The summed E-state index contributed by atoms with van der Waals surface area (Å²) < 4.78 is 38.0. The highest BCUT2D eigenvalue weighted by Crippen LogP contribution is 2.35. The summed E-state index contributed by atoms with van der Waals surface area (Å²) >= 11 is 6.38. The monoisotopic (exact) mass is 583 g/mol. The molecule has 0 aliphatic rings. The van der Waals surface area contributed by atoms with Gasteiger partial charge in [-0.25, -0.2) is 9.37 Å². The summed E-state index contributed by atoms with van der Waals surface area (Å²) in [6.45, 7) is 0.0557. The Morgan fingerprint density at radius 3 is 2.57 bits per heavy atom. The lowest BCUT2D eigenvalue weighted by Crippen LogP contribution is -2.20. The van der Waals surface area contributed by atoms with Gasteiger partial charge in [0.25, 0.3) is 5.56 Å². The summed E-state index contributed by atoms with van der Waals surface area (Å²) in [6.07, 6.45) is 1.43. The van der Waals surface area contributed by atoms with Gasteiger partial charge in [-0.05, 0) is 54.1 Å². The van der Waals surface area contributed by atoms with Crippen LogP contribution in [0.3, 0.4) is 0 Å². The van der Waals surface area contributed by atoms with E-state index in [4.69, 9.17) is 35.2 Å². The van der Waals surface area contributed by atoms with Gasteiger partial charge in [0.15, 0.2) is 17.3 Å². The first-order valence-corrected chi connectivity index (χ1v) is 13.2. The number of methoxy groups -OCH3 is 2. The molecule has 0 N–H and O–H groups in total. The quantitative estimate of drug-likeness (QED) is 0.178. The molecule has 0 fully saturated rings. The third-order valence-electron chi connectivity index (χ3n) is 6.57. The van der Waals surface area contributed by atoms with Crippen molar-refractivity contribution in [3.8, 4) is 28.8 Å². The predicted molar refractivity (Wildman–Crippen MR) is 159 cm³/mol. The van der Waals surface area contributed by atoms with Gasteiger partial charge >= 0.3 is 0 Å². The number of benzene rings is 4. The zero-order valence-electron chi connectivity index (χ0n) is 22.5. The second-order valence-electron chi connectivity index (χ2n) is 9.24. The zero-order valence-corrected chi connectivity index (χ0v) is 23.3. The first-order valence-electron chi connectivity index (χ1n) is 12.8. The van der Waals surface area contributed by atoms with Gasteiger partial charge in [0.1, 0.15) is 23.8 Å². The van der Waals surface area contributed by atoms with E-state index in [1.165, 1.54) is 25.5 Å². The standard InChI is InChI=1S/C32H23ClFN3O5/c1-39-26-11-6-12-27-24(26)16-29(42-27)31-36-25-10-4-3-9-23(25)32(38)37(31)35-17-20-14-21(33)15-28(40-2)30(20)41-18-19-7-5-8-22(34)13-19/h3-17H,18H2,1-2H3. The van der Waals surface area contributed by atoms with Gasteiger partial charge in [-0.2, -0.15) is 9.78 Å². The van der Waals surface area contributed by atoms with E-state index in [-0.39, 0.29) is 18.2 Å². The number of para-hydroxylation sites is 1. The topological polar surface area (TPSA) is 88.1 Å². The molecule has 0 spiro atoms. The van der Waals surface area contributed by atoms with Crippen LogP contribution in [0, 0.1) is 5.82 Å². The summed E-state index contributed by atoms with van der Waals surface area (Å²) in [4.78, 5) is 18.4. The van der Waals surface area contributed by atoms with Crippen molar-refractivity contribution >= 4 is 39.7 Å². The number of aromatic nitrogens is 2. The predicted octanol–water partition coefficient (Wildman–Crippen LogP) is 7.08. The average molecular weight is 584 g/mol. The molecule has 0 radical (unpaired) electrons. The van der Waals surface area contributed by atoms with Crippen molar-refractivity contribution in [1.29, 1.82) is 0 Å². The third kappa shape index (κ3) is 5.17. The van der Waals surface area contributed by atoms with Gasteiger partial charge in [0, 0.05) is 16.7 Å². The molecule has 0 saturated carbocycles. The van der Waals surface area contributed by atoms with Crippen molar-refractivity contribution in [3.63, 3.8) is 0 Å². The second kappa shape index (κ2) is 11.4. The lowest BCUT2D eigenvalue weighted by Gasteiger charge is -2.14. The van der Waals surface area contributed by atoms with Crippen molar-refractivity contribution in [2.75, 3.05) is 14.2 Å². The van der Waals surface area contributed by atoms with Crippen LogP contribution in [0.2, 0.25) is 5.02 Å². The SMILES string of the molecule is COc1cc(Cl)cc(C=Nn2c(-c3cc4c(OC)cccc4o3)nc3ccccc3c2=O)c1OCc1cccc(F)c1. The Balaban J connectivity index is 1.49. The van der Waals surface area contributed by atoms with Crippen LogP contribution in [-0.2, 0) is 6.61 Å². The summed E-state index contributed by atoms with van der Waals surface area (Å²) in [7, 11) is 3.05. The van der Waals surface area contributed by atoms with Crippen molar-refractivity contribution in [2.45, 2.75) is 6.61 Å². The maximum atomic E-state index is 13.7. The molecular formula is C32H23ClFN3O5. The molecular weight excluding hydrogens is 561 g/mol. The number of halogens is 2. The smallest absolute Gasteiger partial charge is 0.282 e. The Hall–Kier alpha value is -5.15. The molecule has 210 valence electrons. The van der Waals surface area contributed by atoms with Crippen LogP contribution in [0.25, 0.3) is 33.5 Å². The van der Waals surface area contributed by atoms with E-state index in [2.05, 4.69) is 5.10 Å². The van der Waals surface area contributed by atoms with E-state index in [0.717, 1.165) is 10.1 Å². The Morgan fingerprint density at radius 2 is 1.76 bits per heavy atom. The maximum absolute atomic E-state index is 13.7. The molecule has 10 heteroatoms. The molecule has 4 aromatic carbocycles. The van der Waals surface area contributed by atoms with Crippen LogP contribution >= 0.6 is 11.6 Å². The van der Waals surface area contributed by atoms with E-state index >= 15 is 0 Å². The third-order valence-corrected chi connectivity index (χ3v) is 6.79. The Morgan fingerprint density at radius 1 is 0.952 bits per heavy atom. The summed E-state index contributed by atoms with van der Waals surface area (Å²) in [5.74, 6) is 1.40. The van der Waals surface area contributed by atoms with E-state index in [1.807, 2.05) is 12.1 Å². The summed E-state index contributed by atoms with van der Waals surface area (Å²) in [5, 5.41) is 5.99. The lowest BCUT2D eigenvalue weighted by molar-refractivity contribution is 0.283. The number of furan rings is 1. The van der Waals surface area contributed by atoms with Crippen molar-refractivity contribution in [2.24, 2.45) is 5.10 Å². The van der Waals surface area contributed by atoms with Gasteiger partial charge in [-0.3, -0.25) is 4.79 Å². The Labute approximate surface area is 244 Å². The highest BCUT2D eigenvalue weighted by molar-refractivity contribution is 6.31. The summed E-state index contributed by atoms with van der Waals surface area (Å²) in [6, 6.07) is 23.5. The van der Waals surface area contributed by atoms with Crippen LogP contribution < -0.4 is 19.8 Å². The number of fused-ring (bicyclic) bond motifs is 2. The molecule has 42 heavy (non-hydrogen) atoms. The largest absolute Gasteiger partial charge is 0.496 e. The molecule has 0 bridgehead atoms. The van der Waals surface area contributed by atoms with Crippen LogP contribution in [0.15, 0.2) is 99.2 Å². The fraction of sp³-hybridized carbons (Fsp3) is 0.0938. The number of hydrogen-bond donors (Lipinski definition) is 0. The highest BCUT2D eigenvalue weighted by atomic mass is 35.5. The summed E-state index contributed by atoms with van der Waals surface area (Å²) in [5.41, 5.74) is 1.69. The molecule has 6 rings (SSSR count). The molecule has 0 unspecified atom stereocenters. The van der Waals surface area contributed by atoms with E-state index in [0.29, 0.717) is 55.6 Å². The second-order valence-corrected chi connectivity index (χ2v) is 9.68. The molecule has 0 saturated heterocycles. The van der Waals surface area contributed by atoms with Gasteiger partial charge in [-0.15, -0.1) is 0 Å². The first-order chi connectivity index (χ1) is 20.4. The normalized spacial score (nSPS) is 11.4. The molecule has 2 aromatic heterocycles. The van der Waals surface area contributed by atoms with Crippen molar-refractivity contribution < 1.29 is 23.0 Å². The molecule has 0 amide bonds. The lowest BCUT2D eigenvalue weighted by atomic mass is 10.2. The van der Waals surface area contributed by atoms with Crippen molar-refractivity contribution in [1.82, 2.24) is 9.66 Å². The number of hydrogen-bond acceptors (Lipinski definition) is 7. The van der Waals surface area contributed by atoms with Crippen molar-refractivity contribution in [3.05, 3.63) is 117 Å². The van der Waals surface area contributed by atoms with Gasteiger partial charge in [-0.1, -0.05) is 41.9 Å². The highest BCUT2D eigenvalue weighted by Gasteiger charge is 2.19. The molecule has 0 aliphatic carbocycles. The van der Waals surface area contributed by atoms with Crippen LogP contribution in [0.1, 0.15) is 11.1 Å². The maximum Gasteiger partial charge on any atom is 0.282 e. The molecule has 0 aliphatic heterocycles. The Bertz CT molecular complexity index is 2040. The Kier molecular flexibility index (Phi) is 7.33. The molecule has 2 heterocycles. The minimum absolute atomic E-state index is 0.0557. The van der Waals surface area contributed by atoms with Crippen LogP contribution in [-0.4, -0.2) is 30.1 Å². The van der Waals surface area contributed by atoms with E-state index in [9.17, 15) is 9.18 Å². The van der Waals surface area contributed by atoms with E-state index in [1.54, 1.807) is 67.8 Å². The fourth-order valence-electron chi connectivity index (χ4n) is 4.61. The number of nitrogens with zero attached hydrogens (tertiary/aromatic N) is 3. The number of ether oxygens (including phenoxy) is 3. The fourth-order valence-corrected chi connectivity index (χ4v) is 4.82. The van der Waals surface area contributed by atoms with Crippen LogP contribution in [0.5, 0.6) is 17.2 Å². The van der Waals surface area contributed by atoms with Crippen LogP contribution in [0.4, 0.5) is 4.39 Å². The number of rotatable bonds is 8. The van der Waals surface area contributed by atoms with Gasteiger partial charge in [0.05, 0.1) is 36.7 Å². The molecule has 8 nitrogen and oxygen atoms in total. The zero-order chi connectivity index (χ0) is 29.2. The molecule has 0 atom stereocenters. The van der Waals surface area contributed by atoms with Gasteiger partial charge < -0.3 is 18.6 Å². The minimum atomic E-state index is -0.407. The first kappa shape index (κ1) is 27.0. The van der Waals surface area contributed by atoms with E-state index < -0.39 is 5.56 Å². The van der Waals surface area contributed by atoms with Gasteiger partial charge in [0.2, 0.25) is 5.82 Å².